The van der Waals surface area contributed by atoms with Crippen molar-refractivity contribution in [3.05, 3.63) is 17.8 Å². The van der Waals surface area contributed by atoms with Gasteiger partial charge in [-0.2, -0.15) is 0 Å². The van der Waals surface area contributed by atoms with Crippen molar-refractivity contribution >= 4 is 11.7 Å². The molecule has 0 aromatic carbocycles. The Morgan fingerprint density at radius 1 is 1.75 bits per heavy atom. The highest BCUT2D eigenvalue weighted by Gasteiger charge is 2.20. The van der Waals surface area contributed by atoms with Crippen LogP contribution in [0, 0.1) is 6.92 Å². The van der Waals surface area contributed by atoms with E-state index in [0.717, 1.165) is 0 Å². The van der Waals surface area contributed by atoms with Crippen molar-refractivity contribution < 1.29 is 14.4 Å². The molecule has 0 fully saturated rings. The molecule has 7 nitrogen and oxygen atoms in total. The lowest BCUT2D eigenvalue weighted by atomic mass is 10.3. The largest absolute Gasteiger partial charge is 0.438 e. The Labute approximate surface area is 92.5 Å². The molecule has 0 radical (unpaired) electrons. The first-order valence-electron chi connectivity index (χ1n) is 4.75. The highest BCUT2D eigenvalue weighted by Crippen LogP contribution is 2.08. The van der Waals surface area contributed by atoms with Crippen LogP contribution in [0.5, 0.6) is 0 Å². The molecule has 0 aliphatic heterocycles. The number of aromatic nitrogens is 1. The van der Waals surface area contributed by atoms with Gasteiger partial charge in [-0.1, -0.05) is 5.16 Å². The molecule has 3 N–H and O–H groups in total. The number of oxazole rings is 1. The SMILES string of the molecule is CCN(CC(N)=NO)C(=O)c1ocnc1C. The first-order chi connectivity index (χ1) is 7.60. The van der Waals surface area contributed by atoms with Gasteiger partial charge in [-0.15, -0.1) is 0 Å². The molecule has 16 heavy (non-hydrogen) atoms. The number of nitrogens with zero attached hydrogens (tertiary/aromatic N) is 3. The Balaban J connectivity index is 2.82. The van der Waals surface area contributed by atoms with Gasteiger partial charge in [0, 0.05) is 6.54 Å². The molecule has 1 amide bonds. The molecular weight excluding hydrogens is 212 g/mol. The van der Waals surface area contributed by atoms with Crippen molar-refractivity contribution in [2.75, 3.05) is 13.1 Å². The number of hydrogen-bond donors (Lipinski definition) is 2. The lowest BCUT2D eigenvalue weighted by Crippen LogP contribution is -2.38. The van der Waals surface area contributed by atoms with Crippen LogP contribution in [0.4, 0.5) is 0 Å². The first kappa shape index (κ1) is 12.0. The second-order valence-corrected chi connectivity index (χ2v) is 3.18. The van der Waals surface area contributed by atoms with Gasteiger partial charge in [-0.05, 0) is 13.8 Å². The molecule has 0 spiro atoms. The van der Waals surface area contributed by atoms with E-state index in [2.05, 4.69) is 10.1 Å². The smallest absolute Gasteiger partial charge is 0.291 e. The first-order valence-corrected chi connectivity index (χ1v) is 4.75. The summed E-state index contributed by atoms with van der Waals surface area (Å²) in [6.07, 6.45) is 1.21. The van der Waals surface area contributed by atoms with Gasteiger partial charge in [0.1, 0.15) is 0 Å². The third kappa shape index (κ3) is 2.50. The maximum atomic E-state index is 11.9. The van der Waals surface area contributed by atoms with Crippen molar-refractivity contribution in [3.63, 3.8) is 0 Å². The van der Waals surface area contributed by atoms with E-state index in [0.29, 0.717) is 12.2 Å². The normalized spacial score (nSPS) is 11.5. The number of likely N-dealkylation sites (N-methyl/N-ethyl adjacent to an activating group) is 1. The molecule has 0 saturated heterocycles. The Hall–Kier alpha value is -2.05. The molecule has 1 rings (SSSR count). The number of hydrogen-bond acceptors (Lipinski definition) is 5. The number of amides is 1. The van der Waals surface area contributed by atoms with Crippen LogP contribution in [0.25, 0.3) is 0 Å². The van der Waals surface area contributed by atoms with E-state index in [1.807, 2.05) is 0 Å². The van der Waals surface area contributed by atoms with E-state index in [1.165, 1.54) is 11.3 Å². The lowest BCUT2D eigenvalue weighted by Gasteiger charge is -2.18. The van der Waals surface area contributed by atoms with Crippen LogP contribution in [-0.4, -0.2) is 39.9 Å². The van der Waals surface area contributed by atoms with E-state index in [-0.39, 0.29) is 24.0 Å². The summed E-state index contributed by atoms with van der Waals surface area (Å²) < 4.78 is 4.98. The highest BCUT2D eigenvalue weighted by molar-refractivity contribution is 5.95. The summed E-state index contributed by atoms with van der Waals surface area (Å²) in [5.41, 5.74) is 5.86. The maximum absolute atomic E-state index is 11.9. The second kappa shape index (κ2) is 5.15. The van der Waals surface area contributed by atoms with Crippen molar-refractivity contribution in [1.82, 2.24) is 9.88 Å². The molecule has 0 unspecified atom stereocenters. The van der Waals surface area contributed by atoms with Crippen LogP contribution in [0.3, 0.4) is 0 Å². The van der Waals surface area contributed by atoms with Crippen LogP contribution >= 0.6 is 0 Å². The van der Waals surface area contributed by atoms with Crippen LogP contribution in [0.1, 0.15) is 23.2 Å². The molecule has 0 saturated carbocycles. The summed E-state index contributed by atoms with van der Waals surface area (Å²) in [4.78, 5) is 17.1. The number of carbonyl (C=O) groups excluding carboxylic acids is 1. The quantitative estimate of drug-likeness (QED) is 0.330. The summed E-state index contributed by atoms with van der Waals surface area (Å²) >= 11 is 0. The van der Waals surface area contributed by atoms with Gasteiger partial charge in [0.15, 0.2) is 12.2 Å². The number of rotatable bonds is 4. The molecule has 7 heteroatoms. The van der Waals surface area contributed by atoms with Crippen LogP contribution in [-0.2, 0) is 0 Å². The van der Waals surface area contributed by atoms with Crippen LogP contribution in [0.2, 0.25) is 0 Å². The summed E-state index contributed by atoms with van der Waals surface area (Å²) in [5, 5.41) is 11.3. The Morgan fingerprint density at radius 2 is 2.44 bits per heavy atom. The molecular formula is C9H14N4O3. The fourth-order valence-corrected chi connectivity index (χ4v) is 1.21. The summed E-state index contributed by atoms with van der Waals surface area (Å²) in [6.45, 7) is 3.93. The Bertz CT molecular complexity index is 399. The monoisotopic (exact) mass is 226 g/mol. The van der Waals surface area contributed by atoms with Gasteiger partial charge in [0.05, 0.1) is 12.2 Å². The predicted molar refractivity (Wildman–Crippen MR) is 56.2 cm³/mol. The summed E-state index contributed by atoms with van der Waals surface area (Å²) in [6, 6.07) is 0. The molecule has 1 aromatic rings. The van der Waals surface area contributed by atoms with E-state index in [4.69, 9.17) is 15.4 Å². The van der Waals surface area contributed by atoms with Crippen LogP contribution < -0.4 is 5.73 Å². The minimum absolute atomic E-state index is 0.0348. The van der Waals surface area contributed by atoms with Crippen LogP contribution in [0.15, 0.2) is 16.0 Å². The number of nitrogens with two attached hydrogens (primary N) is 1. The molecule has 0 bridgehead atoms. The topological polar surface area (TPSA) is 105 Å². The minimum Gasteiger partial charge on any atom is -0.438 e. The van der Waals surface area contributed by atoms with E-state index in [9.17, 15) is 4.79 Å². The second-order valence-electron chi connectivity index (χ2n) is 3.18. The van der Waals surface area contributed by atoms with Crippen molar-refractivity contribution in [3.8, 4) is 0 Å². The van der Waals surface area contributed by atoms with Crippen molar-refractivity contribution in [1.29, 1.82) is 0 Å². The zero-order chi connectivity index (χ0) is 12.1. The zero-order valence-electron chi connectivity index (χ0n) is 9.17. The highest BCUT2D eigenvalue weighted by atomic mass is 16.4. The lowest BCUT2D eigenvalue weighted by molar-refractivity contribution is 0.0753. The molecule has 1 heterocycles. The zero-order valence-corrected chi connectivity index (χ0v) is 9.17. The average molecular weight is 226 g/mol. The molecule has 88 valence electrons. The van der Waals surface area contributed by atoms with Crippen molar-refractivity contribution in [2.24, 2.45) is 10.9 Å². The molecule has 0 atom stereocenters. The maximum Gasteiger partial charge on any atom is 0.291 e. The minimum atomic E-state index is -0.330. The third-order valence-corrected chi connectivity index (χ3v) is 2.09. The number of carbonyl (C=O) groups is 1. The number of oxime groups is 1. The summed E-state index contributed by atoms with van der Waals surface area (Å²) in [5.74, 6) is -0.191. The molecule has 1 aromatic heterocycles. The number of amidine groups is 1. The van der Waals surface area contributed by atoms with Crippen molar-refractivity contribution in [2.45, 2.75) is 13.8 Å². The number of aryl methyl sites for hydroxylation is 1. The fourth-order valence-electron chi connectivity index (χ4n) is 1.21. The van der Waals surface area contributed by atoms with Gasteiger partial charge in [-0.25, -0.2) is 4.98 Å². The van der Waals surface area contributed by atoms with E-state index in [1.54, 1.807) is 13.8 Å². The van der Waals surface area contributed by atoms with Gasteiger partial charge < -0.3 is 20.3 Å². The standard InChI is InChI=1S/C9H14N4O3/c1-3-13(4-7(10)12-15)9(14)8-6(2)11-5-16-8/h5,15H,3-4H2,1-2H3,(H2,10,12). The van der Waals surface area contributed by atoms with Gasteiger partial charge >= 0.3 is 0 Å². The Kier molecular flexibility index (Phi) is 3.87. The van der Waals surface area contributed by atoms with E-state index < -0.39 is 0 Å². The Morgan fingerprint density at radius 3 is 2.88 bits per heavy atom. The fraction of sp³-hybridized carbons (Fsp3) is 0.444. The molecule has 0 aliphatic rings. The van der Waals surface area contributed by atoms with Gasteiger partial charge in [0.25, 0.3) is 5.91 Å². The summed E-state index contributed by atoms with van der Waals surface area (Å²) in [7, 11) is 0. The predicted octanol–water partition coefficient (Wildman–Crippen LogP) is 0.192. The molecule has 0 aliphatic carbocycles. The van der Waals surface area contributed by atoms with Gasteiger partial charge in [0.2, 0.25) is 5.76 Å². The average Bonchev–Trinajstić information content (AvgIpc) is 2.71. The van der Waals surface area contributed by atoms with E-state index >= 15 is 0 Å². The van der Waals surface area contributed by atoms with Gasteiger partial charge in [-0.3, -0.25) is 4.79 Å². The third-order valence-electron chi connectivity index (χ3n) is 2.09.